The van der Waals surface area contributed by atoms with E-state index in [2.05, 4.69) is 25.9 Å². The number of anilines is 1. The first-order valence-electron chi connectivity index (χ1n) is 4.96. The van der Waals surface area contributed by atoms with Gasteiger partial charge in [-0.15, -0.1) is 0 Å². The Kier molecular flexibility index (Phi) is 3.62. The number of hydrogen-bond donors (Lipinski definition) is 2. The molecule has 0 aliphatic carbocycles. The van der Waals surface area contributed by atoms with Crippen LogP contribution in [0.4, 0.5) is 5.82 Å². The minimum atomic E-state index is 0.0111. The third-order valence-electron chi connectivity index (χ3n) is 2.01. The Labute approximate surface area is 95.0 Å². The maximum Gasteiger partial charge on any atom is 0.140 e. The van der Waals surface area contributed by atoms with Gasteiger partial charge in [-0.2, -0.15) is 5.10 Å². The number of halogens is 1. The molecule has 1 rings (SSSR count). The Morgan fingerprint density at radius 2 is 2.07 bits per heavy atom. The molecule has 1 heterocycles. The van der Waals surface area contributed by atoms with E-state index in [-0.39, 0.29) is 12.0 Å². The highest BCUT2D eigenvalue weighted by Gasteiger charge is 2.19. The van der Waals surface area contributed by atoms with Gasteiger partial charge >= 0.3 is 0 Å². The zero-order chi connectivity index (χ0) is 11.6. The van der Waals surface area contributed by atoms with Crippen LogP contribution in [0.5, 0.6) is 0 Å². The molecule has 0 amide bonds. The van der Waals surface area contributed by atoms with Crippen molar-refractivity contribution in [1.82, 2.24) is 9.78 Å². The summed E-state index contributed by atoms with van der Waals surface area (Å²) in [5.41, 5.74) is 6.69. The number of aliphatic hydroxyl groups excluding tert-OH is 1. The molecule has 0 fully saturated rings. The number of nitrogens with zero attached hydrogens (tertiary/aromatic N) is 2. The molecule has 0 saturated heterocycles. The van der Waals surface area contributed by atoms with E-state index in [0.29, 0.717) is 17.4 Å². The van der Waals surface area contributed by atoms with Crippen LogP contribution in [0.3, 0.4) is 0 Å². The molecule has 0 unspecified atom stereocenters. The first-order chi connectivity index (χ1) is 6.85. The van der Waals surface area contributed by atoms with Crippen LogP contribution in [0.25, 0.3) is 0 Å². The lowest BCUT2D eigenvalue weighted by Gasteiger charge is -2.16. The summed E-state index contributed by atoms with van der Waals surface area (Å²) in [7, 11) is 0. The smallest absolute Gasteiger partial charge is 0.140 e. The molecule has 0 aliphatic heterocycles. The summed E-state index contributed by atoms with van der Waals surface area (Å²) in [5.74, 6) is 0.435. The van der Waals surface area contributed by atoms with Gasteiger partial charge in [-0.05, 0) is 11.8 Å². The van der Waals surface area contributed by atoms with Gasteiger partial charge in [0.25, 0.3) is 0 Å². The second-order valence-electron chi connectivity index (χ2n) is 4.83. The normalized spacial score (nSPS) is 12.1. The van der Waals surface area contributed by atoms with Crippen molar-refractivity contribution in [3.63, 3.8) is 0 Å². The lowest BCUT2D eigenvalue weighted by Crippen LogP contribution is -2.11. The predicted molar refractivity (Wildman–Crippen MR) is 61.9 cm³/mol. The second-order valence-corrected chi connectivity index (χ2v) is 5.21. The van der Waals surface area contributed by atoms with E-state index in [1.807, 2.05) is 0 Å². The Morgan fingerprint density at radius 1 is 1.47 bits per heavy atom. The van der Waals surface area contributed by atoms with E-state index < -0.39 is 0 Å². The average molecular weight is 232 g/mol. The molecule has 0 saturated carbocycles. The van der Waals surface area contributed by atoms with Gasteiger partial charge in [-0.25, -0.2) is 4.68 Å². The zero-order valence-corrected chi connectivity index (χ0v) is 10.2. The molecule has 0 atom stereocenters. The topological polar surface area (TPSA) is 64.1 Å². The molecule has 4 nitrogen and oxygen atoms in total. The number of aromatic nitrogens is 2. The fourth-order valence-corrected chi connectivity index (χ4v) is 1.59. The Bertz CT molecular complexity index is 341. The van der Waals surface area contributed by atoms with Crippen molar-refractivity contribution in [2.45, 2.75) is 33.7 Å². The molecule has 0 bridgehead atoms. The van der Waals surface area contributed by atoms with E-state index in [1.165, 1.54) is 0 Å². The number of aliphatic hydroxyl groups is 1. The molecule has 5 heteroatoms. The monoisotopic (exact) mass is 231 g/mol. The van der Waals surface area contributed by atoms with Crippen LogP contribution in [-0.2, 0) is 13.0 Å². The maximum atomic E-state index is 8.82. The molecule has 15 heavy (non-hydrogen) atoms. The van der Waals surface area contributed by atoms with Crippen molar-refractivity contribution in [3.8, 4) is 0 Å². The van der Waals surface area contributed by atoms with Crippen molar-refractivity contribution in [3.05, 3.63) is 10.7 Å². The van der Waals surface area contributed by atoms with Gasteiger partial charge in [-0.3, -0.25) is 0 Å². The van der Waals surface area contributed by atoms with E-state index in [4.69, 9.17) is 22.4 Å². The van der Waals surface area contributed by atoms with Crippen LogP contribution in [0.15, 0.2) is 0 Å². The van der Waals surface area contributed by atoms with Gasteiger partial charge in [0.2, 0.25) is 0 Å². The molecular weight excluding hydrogens is 214 g/mol. The Morgan fingerprint density at radius 3 is 2.53 bits per heavy atom. The highest BCUT2D eigenvalue weighted by molar-refractivity contribution is 6.33. The van der Waals surface area contributed by atoms with Crippen molar-refractivity contribution in [2.75, 3.05) is 12.3 Å². The molecule has 0 aromatic carbocycles. The quantitative estimate of drug-likeness (QED) is 0.832. The maximum absolute atomic E-state index is 8.82. The summed E-state index contributed by atoms with van der Waals surface area (Å²) in [5, 5.41) is 13.6. The SMILES string of the molecule is CC(C)(C)Cc1nn(CCO)c(N)c1Cl. The average Bonchev–Trinajstić information content (AvgIpc) is 2.32. The minimum Gasteiger partial charge on any atom is -0.394 e. The van der Waals surface area contributed by atoms with Crippen LogP contribution in [0, 0.1) is 5.41 Å². The molecule has 0 radical (unpaired) electrons. The number of hydrogen-bond acceptors (Lipinski definition) is 3. The minimum absolute atomic E-state index is 0.0111. The fraction of sp³-hybridized carbons (Fsp3) is 0.700. The largest absolute Gasteiger partial charge is 0.394 e. The number of rotatable bonds is 3. The fourth-order valence-electron chi connectivity index (χ4n) is 1.39. The molecule has 1 aromatic rings. The van der Waals surface area contributed by atoms with Gasteiger partial charge in [-0.1, -0.05) is 32.4 Å². The van der Waals surface area contributed by atoms with Crippen molar-refractivity contribution in [1.29, 1.82) is 0 Å². The van der Waals surface area contributed by atoms with Crippen LogP contribution in [0.2, 0.25) is 5.02 Å². The number of nitrogens with two attached hydrogens (primary N) is 1. The molecule has 1 aromatic heterocycles. The Balaban J connectivity index is 2.95. The predicted octanol–water partition coefficient (Wildman–Crippen LogP) is 1.70. The molecular formula is C10H18ClN3O. The summed E-state index contributed by atoms with van der Waals surface area (Å²) < 4.78 is 1.55. The highest BCUT2D eigenvalue weighted by Crippen LogP contribution is 2.29. The lowest BCUT2D eigenvalue weighted by atomic mass is 9.91. The second kappa shape index (κ2) is 4.41. The highest BCUT2D eigenvalue weighted by atomic mass is 35.5. The standard InChI is InChI=1S/C10H18ClN3O/c1-10(2,3)6-7-8(11)9(12)14(13-7)4-5-15/h15H,4-6,12H2,1-3H3. The van der Waals surface area contributed by atoms with Gasteiger partial charge in [0.05, 0.1) is 18.8 Å². The van der Waals surface area contributed by atoms with Gasteiger partial charge in [0, 0.05) is 0 Å². The van der Waals surface area contributed by atoms with E-state index in [1.54, 1.807) is 4.68 Å². The first-order valence-corrected chi connectivity index (χ1v) is 5.34. The third-order valence-corrected chi connectivity index (χ3v) is 2.42. The summed E-state index contributed by atoms with van der Waals surface area (Å²) in [6.45, 7) is 6.74. The van der Waals surface area contributed by atoms with Gasteiger partial charge < -0.3 is 10.8 Å². The summed E-state index contributed by atoms with van der Waals surface area (Å²) in [6, 6.07) is 0. The summed E-state index contributed by atoms with van der Waals surface area (Å²) in [6.07, 6.45) is 0.772. The van der Waals surface area contributed by atoms with Gasteiger partial charge in [0.1, 0.15) is 10.8 Å². The van der Waals surface area contributed by atoms with Crippen molar-refractivity contribution < 1.29 is 5.11 Å². The van der Waals surface area contributed by atoms with E-state index in [9.17, 15) is 0 Å². The summed E-state index contributed by atoms with van der Waals surface area (Å²) in [4.78, 5) is 0. The third kappa shape index (κ3) is 3.11. The number of nitrogen functional groups attached to an aromatic ring is 1. The van der Waals surface area contributed by atoms with Crippen LogP contribution >= 0.6 is 11.6 Å². The molecule has 86 valence electrons. The Hall–Kier alpha value is -0.740. The van der Waals surface area contributed by atoms with E-state index >= 15 is 0 Å². The van der Waals surface area contributed by atoms with Gasteiger partial charge in [0.15, 0.2) is 0 Å². The first kappa shape index (κ1) is 12.3. The van der Waals surface area contributed by atoms with Crippen LogP contribution < -0.4 is 5.73 Å². The molecule has 0 aliphatic rings. The van der Waals surface area contributed by atoms with Crippen molar-refractivity contribution in [2.24, 2.45) is 5.41 Å². The van der Waals surface area contributed by atoms with Crippen molar-refractivity contribution >= 4 is 17.4 Å². The van der Waals surface area contributed by atoms with Crippen LogP contribution in [-0.4, -0.2) is 21.5 Å². The molecule has 0 spiro atoms. The summed E-state index contributed by atoms with van der Waals surface area (Å²) >= 11 is 6.07. The van der Waals surface area contributed by atoms with Crippen LogP contribution in [0.1, 0.15) is 26.5 Å². The lowest BCUT2D eigenvalue weighted by molar-refractivity contribution is 0.269. The molecule has 3 N–H and O–H groups in total. The zero-order valence-electron chi connectivity index (χ0n) is 9.42. The van der Waals surface area contributed by atoms with E-state index in [0.717, 1.165) is 12.1 Å².